The van der Waals surface area contributed by atoms with Gasteiger partial charge in [-0.1, -0.05) is 0 Å². The van der Waals surface area contributed by atoms with Crippen molar-refractivity contribution in [1.29, 1.82) is 5.26 Å². The summed E-state index contributed by atoms with van der Waals surface area (Å²) < 4.78 is 21.3. The Kier molecular flexibility index (Phi) is 5.40. The number of methoxy groups -OCH3 is 2. The van der Waals surface area contributed by atoms with E-state index >= 15 is 0 Å². The van der Waals surface area contributed by atoms with Crippen LogP contribution in [0.5, 0.6) is 17.4 Å². The lowest BCUT2D eigenvalue weighted by molar-refractivity contribution is -0.142. The van der Waals surface area contributed by atoms with Gasteiger partial charge in [0.1, 0.15) is 23.1 Å². The van der Waals surface area contributed by atoms with Gasteiger partial charge in [0.15, 0.2) is 0 Å². The van der Waals surface area contributed by atoms with Crippen molar-refractivity contribution in [3.8, 4) is 23.4 Å². The van der Waals surface area contributed by atoms with Crippen LogP contribution in [0.4, 0.5) is 0 Å². The third kappa shape index (κ3) is 3.32. The van der Waals surface area contributed by atoms with Gasteiger partial charge in [0, 0.05) is 5.56 Å². The zero-order chi connectivity index (χ0) is 20.3. The number of carbonyl (C=O) groups excluding carboxylic acids is 1. The van der Waals surface area contributed by atoms with Gasteiger partial charge in [0.2, 0.25) is 11.8 Å². The first-order valence-corrected chi connectivity index (χ1v) is 8.56. The fourth-order valence-electron chi connectivity index (χ4n) is 3.18. The minimum Gasteiger partial charge on any atom is -0.497 e. The van der Waals surface area contributed by atoms with Crippen LogP contribution in [0.25, 0.3) is 0 Å². The molecular weight excluding hydrogens is 364 g/mol. The lowest BCUT2D eigenvalue weighted by Crippen LogP contribution is -2.22. The van der Waals surface area contributed by atoms with Crippen molar-refractivity contribution < 1.29 is 23.7 Å². The zero-order valence-electron chi connectivity index (χ0n) is 15.7. The van der Waals surface area contributed by atoms with Gasteiger partial charge in [-0.2, -0.15) is 5.26 Å². The number of H-pyrrole nitrogens is 1. The molecule has 9 nitrogen and oxygen atoms in total. The fraction of sp³-hybridized carbons (Fsp3) is 0.316. The number of carbonyl (C=O) groups is 1. The lowest BCUT2D eigenvalue weighted by Gasteiger charge is -2.25. The number of fused-ring (bicyclic) bond motifs is 1. The van der Waals surface area contributed by atoms with Crippen LogP contribution in [0.3, 0.4) is 0 Å². The normalized spacial score (nSPS) is 15.3. The number of nitrogens with one attached hydrogen (secondary N) is 1. The molecule has 0 radical (unpaired) electrons. The second-order valence-corrected chi connectivity index (χ2v) is 5.94. The standard InChI is InChI=1S/C19H20N4O5/c1-4-27-15(24)8-13-17-16(11-7-10(25-2)5-6-14(11)26-3)12(9-20)18(21)28-19(17)23-22-13/h5-7,16H,4,8,21H2,1-3H3,(H,22,23)/t16-/m0/s1. The summed E-state index contributed by atoms with van der Waals surface area (Å²) in [6.45, 7) is 1.99. The number of esters is 1. The predicted molar refractivity (Wildman–Crippen MR) is 97.8 cm³/mol. The summed E-state index contributed by atoms with van der Waals surface area (Å²) in [6.07, 6.45) is -0.0546. The molecule has 1 aromatic heterocycles. The first-order valence-electron chi connectivity index (χ1n) is 8.56. The van der Waals surface area contributed by atoms with E-state index in [4.69, 9.17) is 24.7 Å². The van der Waals surface area contributed by atoms with Crippen LogP contribution >= 0.6 is 0 Å². The number of allylic oxidation sites excluding steroid dienone is 1. The maximum absolute atomic E-state index is 12.0. The molecule has 3 rings (SSSR count). The molecule has 1 aliphatic heterocycles. The molecule has 0 saturated heterocycles. The van der Waals surface area contributed by atoms with E-state index in [1.807, 2.05) is 0 Å². The molecule has 9 heteroatoms. The van der Waals surface area contributed by atoms with Crippen molar-refractivity contribution in [2.75, 3.05) is 20.8 Å². The Labute approximate surface area is 161 Å². The van der Waals surface area contributed by atoms with Crippen LogP contribution < -0.4 is 19.9 Å². The van der Waals surface area contributed by atoms with Gasteiger partial charge >= 0.3 is 5.97 Å². The molecule has 0 fully saturated rings. The first-order chi connectivity index (χ1) is 13.5. The SMILES string of the molecule is CCOC(=O)Cc1[nH]nc2c1[C@@H](c1cc(OC)ccc1OC)C(C#N)=C(N)O2. The summed E-state index contributed by atoms with van der Waals surface area (Å²) in [5.74, 6) is 0.177. The average Bonchev–Trinajstić information content (AvgIpc) is 3.08. The van der Waals surface area contributed by atoms with Crippen molar-refractivity contribution in [3.05, 3.63) is 46.5 Å². The highest BCUT2D eigenvalue weighted by Crippen LogP contribution is 2.46. The Hall–Kier alpha value is -3.67. The number of hydrogen-bond donors (Lipinski definition) is 2. The smallest absolute Gasteiger partial charge is 0.311 e. The number of benzene rings is 1. The molecule has 2 aromatic rings. The quantitative estimate of drug-likeness (QED) is 0.720. The van der Waals surface area contributed by atoms with Crippen molar-refractivity contribution in [1.82, 2.24) is 10.2 Å². The van der Waals surface area contributed by atoms with Gasteiger partial charge < -0.3 is 24.7 Å². The van der Waals surface area contributed by atoms with Crippen molar-refractivity contribution in [2.45, 2.75) is 19.3 Å². The van der Waals surface area contributed by atoms with Crippen LogP contribution in [0.15, 0.2) is 29.7 Å². The summed E-state index contributed by atoms with van der Waals surface area (Å²) >= 11 is 0. The van der Waals surface area contributed by atoms with E-state index in [9.17, 15) is 10.1 Å². The highest BCUT2D eigenvalue weighted by Gasteiger charge is 2.37. The van der Waals surface area contributed by atoms with Gasteiger partial charge in [0.25, 0.3) is 0 Å². The molecule has 1 atom stereocenters. The third-order valence-corrected chi connectivity index (χ3v) is 4.39. The average molecular weight is 384 g/mol. The maximum Gasteiger partial charge on any atom is 0.311 e. The number of nitrogens with zero attached hydrogens (tertiary/aromatic N) is 2. The Morgan fingerprint density at radius 2 is 2.18 bits per heavy atom. The minimum absolute atomic E-state index is 0.0546. The molecular formula is C19H20N4O5. The van der Waals surface area contributed by atoms with Crippen LogP contribution in [-0.4, -0.2) is 37.0 Å². The van der Waals surface area contributed by atoms with Crippen molar-refractivity contribution >= 4 is 5.97 Å². The topological polar surface area (TPSA) is 132 Å². The van der Waals surface area contributed by atoms with E-state index in [2.05, 4.69) is 16.3 Å². The monoisotopic (exact) mass is 384 g/mol. The van der Waals surface area contributed by atoms with E-state index in [0.717, 1.165) is 0 Å². The molecule has 0 saturated carbocycles. The molecule has 1 aliphatic rings. The summed E-state index contributed by atoms with van der Waals surface area (Å²) in [5, 5.41) is 16.7. The van der Waals surface area contributed by atoms with Crippen LogP contribution in [0.2, 0.25) is 0 Å². The van der Waals surface area contributed by atoms with E-state index < -0.39 is 11.9 Å². The first kappa shape index (κ1) is 19.1. The number of aromatic nitrogens is 2. The molecule has 146 valence electrons. The molecule has 0 unspecified atom stereocenters. The van der Waals surface area contributed by atoms with Crippen LogP contribution in [0.1, 0.15) is 29.7 Å². The number of rotatable bonds is 6. The summed E-state index contributed by atoms with van der Waals surface area (Å²) in [4.78, 5) is 12.0. The van der Waals surface area contributed by atoms with Gasteiger partial charge in [-0.15, -0.1) is 5.10 Å². The maximum atomic E-state index is 12.0. The highest BCUT2D eigenvalue weighted by atomic mass is 16.5. The number of aromatic amines is 1. The van der Waals surface area contributed by atoms with E-state index in [1.54, 1.807) is 32.2 Å². The Morgan fingerprint density at radius 3 is 2.82 bits per heavy atom. The molecule has 0 aliphatic carbocycles. The highest BCUT2D eigenvalue weighted by molar-refractivity contribution is 5.73. The van der Waals surface area contributed by atoms with E-state index in [1.165, 1.54) is 7.11 Å². The zero-order valence-corrected chi connectivity index (χ0v) is 15.7. The number of nitriles is 1. The van der Waals surface area contributed by atoms with Crippen LogP contribution in [-0.2, 0) is 16.0 Å². The van der Waals surface area contributed by atoms with E-state index in [-0.39, 0.29) is 30.4 Å². The molecule has 0 amide bonds. The van der Waals surface area contributed by atoms with E-state index in [0.29, 0.717) is 28.3 Å². The molecule has 1 aromatic carbocycles. The summed E-state index contributed by atoms with van der Waals surface area (Å²) in [5.41, 5.74) is 7.80. The third-order valence-electron chi connectivity index (χ3n) is 4.39. The van der Waals surface area contributed by atoms with Gasteiger partial charge in [-0.3, -0.25) is 9.89 Å². The number of ether oxygens (including phenoxy) is 4. The van der Waals surface area contributed by atoms with Gasteiger partial charge in [-0.05, 0) is 25.1 Å². The van der Waals surface area contributed by atoms with Crippen LogP contribution in [0, 0.1) is 11.3 Å². The van der Waals surface area contributed by atoms with Gasteiger partial charge in [-0.25, -0.2) is 0 Å². The predicted octanol–water partition coefficient (Wildman–Crippen LogP) is 1.75. The number of nitrogens with two attached hydrogens (primary N) is 1. The molecule has 3 N–H and O–H groups in total. The van der Waals surface area contributed by atoms with Gasteiger partial charge in [0.05, 0.1) is 44.4 Å². The second-order valence-electron chi connectivity index (χ2n) is 5.94. The Bertz CT molecular complexity index is 973. The van der Waals surface area contributed by atoms with Crippen molar-refractivity contribution in [2.24, 2.45) is 5.73 Å². The molecule has 2 heterocycles. The number of hydrogen-bond acceptors (Lipinski definition) is 8. The Morgan fingerprint density at radius 1 is 1.39 bits per heavy atom. The summed E-state index contributed by atoms with van der Waals surface area (Å²) in [7, 11) is 3.07. The second kappa shape index (κ2) is 7.92. The summed E-state index contributed by atoms with van der Waals surface area (Å²) in [6, 6.07) is 7.34. The Balaban J connectivity index is 2.19. The molecule has 0 bridgehead atoms. The minimum atomic E-state index is -0.651. The molecule has 28 heavy (non-hydrogen) atoms. The van der Waals surface area contributed by atoms with Crippen molar-refractivity contribution in [3.63, 3.8) is 0 Å². The largest absolute Gasteiger partial charge is 0.497 e. The molecule has 0 spiro atoms. The lowest BCUT2D eigenvalue weighted by atomic mass is 9.83. The fourth-order valence-corrected chi connectivity index (χ4v) is 3.18.